The molecule has 0 unspecified atom stereocenters. The van der Waals surface area contributed by atoms with Crippen LogP contribution in [0.25, 0.3) is 22.3 Å². The number of cyclic esters (lactones) is 1. The first-order chi connectivity index (χ1) is 17.6. The van der Waals surface area contributed by atoms with Crippen molar-refractivity contribution < 1.29 is 24.5 Å². The first-order valence-corrected chi connectivity index (χ1v) is 12.7. The van der Waals surface area contributed by atoms with Gasteiger partial charge in [-0.15, -0.1) is 0 Å². The normalized spacial score (nSPS) is 21.4. The second-order valence-corrected chi connectivity index (χ2v) is 10.4. The number of aliphatic hydroxyl groups excluding tert-OH is 1. The fourth-order valence-corrected chi connectivity index (χ4v) is 6.42. The number of hydrogen-bond donors (Lipinski definition) is 2. The van der Waals surface area contributed by atoms with E-state index in [0.717, 1.165) is 27.6 Å². The van der Waals surface area contributed by atoms with Gasteiger partial charge in [0.15, 0.2) is 5.60 Å². The number of hydrogen-bond acceptors (Lipinski definition) is 7. The minimum absolute atomic E-state index is 0.0549. The highest BCUT2D eigenvalue weighted by Gasteiger charge is 2.46. The molecule has 2 aliphatic heterocycles. The molecule has 10 heteroatoms. The molecular weight excluding hydrogens is 498 g/mol. The first-order valence-electron chi connectivity index (χ1n) is 12.3. The molecule has 0 spiro atoms. The molecule has 9 nitrogen and oxygen atoms in total. The van der Waals surface area contributed by atoms with E-state index in [0.29, 0.717) is 34.8 Å². The number of nitrogens with zero attached hydrogens (tertiary/aromatic N) is 3. The van der Waals surface area contributed by atoms with E-state index in [4.69, 9.17) is 21.3 Å². The number of esters is 1. The molecule has 0 fully saturated rings. The Kier molecular flexibility index (Phi) is 5.28. The van der Waals surface area contributed by atoms with Crippen LogP contribution in [0.2, 0.25) is 5.02 Å². The lowest BCUT2D eigenvalue weighted by molar-refractivity contribution is -0.172. The summed E-state index contributed by atoms with van der Waals surface area (Å²) >= 11 is 6.59. The van der Waals surface area contributed by atoms with Gasteiger partial charge in [-0.2, -0.15) is 0 Å². The molecule has 2 atom stereocenters. The number of ether oxygens (including phenoxy) is 1. The van der Waals surface area contributed by atoms with Gasteiger partial charge in [0.1, 0.15) is 13.2 Å². The Labute approximate surface area is 217 Å². The SMILES string of the molecule is CC[C@@]1(O)C(=O)OCc2c1cc1n(c2=O)Cc2c-1nc1cc(Cl)c(C)c3c1c2[C@H](N(C)C(=O)CO)CC3. The predicted octanol–water partition coefficient (Wildman–Crippen LogP) is 2.48. The molecule has 4 heterocycles. The lowest BCUT2D eigenvalue weighted by Crippen LogP contribution is -2.44. The number of aryl methyl sites for hydroxylation is 1. The van der Waals surface area contributed by atoms with E-state index in [1.54, 1.807) is 35.6 Å². The zero-order valence-electron chi connectivity index (χ0n) is 20.7. The number of amides is 1. The number of halogens is 1. The highest BCUT2D eigenvalue weighted by atomic mass is 35.5. The monoisotopic (exact) mass is 523 g/mol. The summed E-state index contributed by atoms with van der Waals surface area (Å²) in [6, 6.07) is 3.15. The highest BCUT2D eigenvalue weighted by molar-refractivity contribution is 6.32. The third-order valence-electron chi connectivity index (χ3n) is 8.34. The van der Waals surface area contributed by atoms with E-state index in [1.807, 2.05) is 6.92 Å². The third-order valence-corrected chi connectivity index (χ3v) is 8.74. The second-order valence-electron chi connectivity index (χ2n) is 10.0. The summed E-state index contributed by atoms with van der Waals surface area (Å²) in [5.74, 6) is -1.17. The quantitative estimate of drug-likeness (QED) is 0.396. The largest absolute Gasteiger partial charge is 0.458 e. The zero-order chi connectivity index (χ0) is 26.4. The Morgan fingerprint density at radius 2 is 2.05 bits per heavy atom. The van der Waals surface area contributed by atoms with Crippen LogP contribution in [-0.4, -0.2) is 50.2 Å². The molecule has 6 rings (SSSR count). The Morgan fingerprint density at radius 1 is 1.30 bits per heavy atom. The number of benzene rings is 1. The average molecular weight is 524 g/mol. The van der Waals surface area contributed by atoms with Crippen LogP contribution >= 0.6 is 11.6 Å². The number of rotatable bonds is 3. The average Bonchev–Trinajstić information content (AvgIpc) is 3.27. The van der Waals surface area contributed by atoms with Gasteiger partial charge in [0.25, 0.3) is 5.56 Å². The minimum Gasteiger partial charge on any atom is -0.458 e. The van der Waals surface area contributed by atoms with Crippen LogP contribution < -0.4 is 5.56 Å². The summed E-state index contributed by atoms with van der Waals surface area (Å²) < 4.78 is 6.77. The van der Waals surface area contributed by atoms with E-state index >= 15 is 0 Å². The number of fused-ring (bicyclic) bond motifs is 5. The second kappa shape index (κ2) is 8.11. The number of pyridine rings is 2. The van der Waals surface area contributed by atoms with Gasteiger partial charge in [-0.1, -0.05) is 18.5 Å². The summed E-state index contributed by atoms with van der Waals surface area (Å²) in [7, 11) is 1.67. The van der Waals surface area contributed by atoms with Crippen molar-refractivity contribution in [1.29, 1.82) is 0 Å². The van der Waals surface area contributed by atoms with Crippen molar-refractivity contribution in [1.82, 2.24) is 14.5 Å². The Hall–Kier alpha value is -3.27. The van der Waals surface area contributed by atoms with Gasteiger partial charge in [-0.25, -0.2) is 9.78 Å². The number of aliphatic hydroxyl groups is 2. The van der Waals surface area contributed by atoms with Gasteiger partial charge in [-0.05, 0) is 55.0 Å². The first kappa shape index (κ1) is 24.1. The zero-order valence-corrected chi connectivity index (χ0v) is 21.5. The summed E-state index contributed by atoms with van der Waals surface area (Å²) in [5.41, 5.74) is 3.67. The van der Waals surface area contributed by atoms with Gasteiger partial charge in [-0.3, -0.25) is 9.59 Å². The molecule has 0 saturated carbocycles. The van der Waals surface area contributed by atoms with Gasteiger partial charge in [0, 0.05) is 28.6 Å². The maximum Gasteiger partial charge on any atom is 0.343 e. The van der Waals surface area contributed by atoms with E-state index in [-0.39, 0.29) is 42.3 Å². The molecule has 192 valence electrons. The molecular formula is C27H26ClN3O6. The van der Waals surface area contributed by atoms with Crippen LogP contribution in [0, 0.1) is 6.92 Å². The van der Waals surface area contributed by atoms with E-state index in [2.05, 4.69) is 0 Å². The minimum atomic E-state index is -1.92. The standard InChI is InChI=1S/C27H26ClN3O6/c1-4-27(36)16-7-20-24-14(9-31(20)25(34)15(16)11-37-26(27)35)23-19(30(3)21(33)10-32)6-5-13-12(2)17(28)8-18(29-24)22(13)23/h7-8,19,32,36H,4-6,9-11H2,1-3H3/t19-,27+/m1/s1. The summed E-state index contributed by atoms with van der Waals surface area (Å²) in [5, 5.41) is 22.2. The van der Waals surface area contributed by atoms with Crippen molar-refractivity contribution in [3.05, 3.63) is 60.9 Å². The maximum absolute atomic E-state index is 13.7. The van der Waals surface area contributed by atoms with Crippen LogP contribution in [0.15, 0.2) is 16.9 Å². The Balaban J connectivity index is 1.68. The molecule has 2 N–H and O–H groups in total. The van der Waals surface area contributed by atoms with Crippen LogP contribution in [0.4, 0.5) is 0 Å². The molecule has 0 bridgehead atoms. The molecule has 1 amide bonds. The third kappa shape index (κ3) is 3.11. The molecule has 0 saturated heterocycles. The van der Waals surface area contributed by atoms with Gasteiger partial charge in [0.2, 0.25) is 5.91 Å². The molecule has 3 aliphatic rings. The molecule has 2 aromatic heterocycles. The van der Waals surface area contributed by atoms with Crippen LogP contribution in [0.5, 0.6) is 0 Å². The summed E-state index contributed by atoms with van der Waals surface area (Å²) in [4.78, 5) is 45.2. The summed E-state index contributed by atoms with van der Waals surface area (Å²) in [6.07, 6.45) is 1.37. The Bertz CT molecular complexity index is 1610. The number of aromatic nitrogens is 2. The lowest BCUT2D eigenvalue weighted by Gasteiger charge is -2.35. The van der Waals surface area contributed by atoms with Crippen molar-refractivity contribution in [2.24, 2.45) is 0 Å². The fourth-order valence-electron chi connectivity index (χ4n) is 6.20. The van der Waals surface area contributed by atoms with Crippen molar-refractivity contribution in [3.63, 3.8) is 0 Å². The number of likely N-dealkylation sites (N-methyl/N-ethyl adjacent to an activating group) is 1. The Morgan fingerprint density at radius 3 is 2.76 bits per heavy atom. The van der Waals surface area contributed by atoms with Gasteiger partial charge >= 0.3 is 5.97 Å². The molecule has 1 aromatic carbocycles. The fraction of sp³-hybridized carbons (Fsp3) is 0.407. The maximum atomic E-state index is 13.7. The topological polar surface area (TPSA) is 122 Å². The van der Waals surface area contributed by atoms with Gasteiger partial charge < -0.3 is 24.4 Å². The lowest BCUT2D eigenvalue weighted by atomic mass is 9.81. The van der Waals surface area contributed by atoms with E-state index in [1.165, 1.54) is 0 Å². The van der Waals surface area contributed by atoms with Crippen molar-refractivity contribution in [2.75, 3.05) is 13.7 Å². The summed E-state index contributed by atoms with van der Waals surface area (Å²) in [6.45, 7) is 3.05. The van der Waals surface area contributed by atoms with Crippen molar-refractivity contribution >= 4 is 34.4 Å². The molecule has 0 radical (unpaired) electrons. The molecule has 1 aliphatic carbocycles. The molecule has 3 aromatic rings. The number of carbonyl (C=O) groups is 2. The van der Waals surface area contributed by atoms with Crippen LogP contribution in [-0.2, 0) is 39.5 Å². The highest BCUT2D eigenvalue weighted by Crippen LogP contribution is 2.47. The predicted molar refractivity (Wildman–Crippen MR) is 135 cm³/mol. The van der Waals surface area contributed by atoms with Crippen LogP contribution in [0.1, 0.15) is 59.2 Å². The van der Waals surface area contributed by atoms with Crippen LogP contribution in [0.3, 0.4) is 0 Å². The van der Waals surface area contributed by atoms with Gasteiger partial charge in [0.05, 0.1) is 35.1 Å². The number of carbonyl (C=O) groups excluding carboxylic acids is 2. The van der Waals surface area contributed by atoms with E-state index in [9.17, 15) is 24.6 Å². The van der Waals surface area contributed by atoms with E-state index < -0.39 is 24.1 Å². The smallest absolute Gasteiger partial charge is 0.343 e. The van der Waals surface area contributed by atoms with Crippen molar-refractivity contribution in [3.8, 4) is 11.4 Å². The van der Waals surface area contributed by atoms with Crippen molar-refractivity contribution in [2.45, 2.75) is 57.9 Å². The molecule has 37 heavy (non-hydrogen) atoms.